The molecule has 0 saturated carbocycles. The quantitative estimate of drug-likeness (QED) is 0.611. The second-order valence-electron chi connectivity index (χ2n) is 6.01. The second kappa shape index (κ2) is 6.44. The van der Waals surface area contributed by atoms with Crippen LogP contribution in [0.3, 0.4) is 0 Å². The van der Waals surface area contributed by atoms with Gasteiger partial charge in [-0.1, -0.05) is 41.6 Å². The zero-order valence-electron chi connectivity index (χ0n) is 14.1. The molecule has 2 aromatic heterocycles. The zero-order chi connectivity index (χ0) is 18.1. The molecule has 0 spiro atoms. The maximum Gasteiger partial charge on any atom is 0.328 e. The third kappa shape index (κ3) is 2.83. The molecule has 0 aliphatic rings. The molecule has 4 rings (SSSR count). The van der Waals surface area contributed by atoms with E-state index >= 15 is 0 Å². The molecule has 0 aliphatic heterocycles. The highest BCUT2D eigenvalue weighted by atomic mass is 16.5. The largest absolute Gasteiger partial charge is 0.339 e. The van der Waals surface area contributed by atoms with Gasteiger partial charge in [0, 0.05) is 18.5 Å². The van der Waals surface area contributed by atoms with E-state index in [1.165, 1.54) is 0 Å². The van der Waals surface area contributed by atoms with Crippen molar-refractivity contribution < 1.29 is 4.52 Å². The third-order valence-electron chi connectivity index (χ3n) is 4.29. The van der Waals surface area contributed by atoms with Crippen molar-refractivity contribution in [3.05, 3.63) is 80.8 Å². The van der Waals surface area contributed by atoms with Crippen LogP contribution in [0.2, 0.25) is 0 Å². The molecule has 130 valence electrons. The molecule has 2 aromatic carbocycles. The Bertz CT molecular complexity index is 1200. The van der Waals surface area contributed by atoms with Crippen molar-refractivity contribution in [1.29, 1.82) is 0 Å². The van der Waals surface area contributed by atoms with Gasteiger partial charge >= 0.3 is 5.69 Å². The molecular weight excluding hydrogens is 332 g/mol. The van der Waals surface area contributed by atoms with Gasteiger partial charge in [-0.25, -0.2) is 4.79 Å². The van der Waals surface area contributed by atoms with Crippen molar-refractivity contribution >= 4 is 10.9 Å². The van der Waals surface area contributed by atoms with Crippen LogP contribution in [0.5, 0.6) is 0 Å². The number of aromatic nitrogens is 4. The Morgan fingerprint density at radius 3 is 2.69 bits per heavy atom. The van der Waals surface area contributed by atoms with Crippen LogP contribution in [0.4, 0.5) is 0 Å². The summed E-state index contributed by atoms with van der Waals surface area (Å²) in [5.74, 6) is 0.876. The fourth-order valence-electron chi connectivity index (χ4n) is 2.90. The molecule has 0 atom stereocenters. The molecule has 2 heterocycles. The van der Waals surface area contributed by atoms with Crippen LogP contribution in [0, 0.1) is 6.92 Å². The van der Waals surface area contributed by atoms with E-state index in [2.05, 4.69) is 15.1 Å². The number of hydrogen-bond acceptors (Lipinski definition) is 5. The van der Waals surface area contributed by atoms with E-state index < -0.39 is 5.69 Å². The van der Waals surface area contributed by atoms with E-state index in [1.54, 1.807) is 24.3 Å². The monoisotopic (exact) mass is 348 g/mol. The lowest BCUT2D eigenvalue weighted by Crippen LogP contribution is -2.35. The van der Waals surface area contributed by atoms with Gasteiger partial charge in [-0.15, -0.1) is 0 Å². The Hall–Kier alpha value is -3.48. The van der Waals surface area contributed by atoms with Gasteiger partial charge in [-0.05, 0) is 24.6 Å². The van der Waals surface area contributed by atoms with E-state index in [0.717, 1.165) is 15.7 Å². The van der Waals surface area contributed by atoms with Crippen molar-refractivity contribution in [3.8, 4) is 11.4 Å². The molecule has 0 amide bonds. The predicted octanol–water partition coefficient (Wildman–Crippen LogP) is 2.29. The summed E-state index contributed by atoms with van der Waals surface area (Å²) in [6, 6.07) is 14.7. The second-order valence-corrected chi connectivity index (χ2v) is 6.01. The first-order chi connectivity index (χ1) is 12.6. The molecule has 0 bridgehead atoms. The Balaban J connectivity index is 1.61. The minimum Gasteiger partial charge on any atom is -0.339 e. The van der Waals surface area contributed by atoms with Gasteiger partial charge in [-0.3, -0.25) is 9.36 Å². The van der Waals surface area contributed by atoms with Crippen LogP contribution in [0.1, 0.15) is 11.5 Å². The molecule has 0 aliphatic carbocycles. The third-order valence-corrected chi connectivity index (χ3v) is 4.29. The van der Waals surface area contributed by atoms with Gasteiger partial charge < -0.3 is 9.51 Å². The zero-order valence-corrected chi connectivity index (χ0v) is 14.1. The lowest BCUT2D eigenvalue weighted by atomic mass is 10.1. The van der Waals surface area contributed by atoms with E-state index in [4.69, 9.17) is 4.52 Å². The smallest absolute Gasteiger partial charge is 0.328 e. The van der Waals surface area contributed by atoms with Crippen LogP contribution in [-0.4, -0.2) is 19.7 Å². The number of nitrogens with zero attached hydrogens (tertiary/aromatic N) is 3. The van der Waals surface area contributed by atoms with E-state index in [9.17, 15) is 9.59 Å². The van der Waals surface area contributed by atoms with Crippen LogP contribution < -0.4 is 11.2 Å². The van der Waals surface area contributed by atoms with Crippen LogP contribution >= 0.6 is 0 Å². The average Bonchev–Trinajstić information content (AvgIpc) is 3.10. The summed E-state index contributed by atoms with van der Waals surface area (Å²) in [4.78, 5) is 31.8. The average molecular weight is 348 g/mol. The molecule has 0 radical (unpaired) electrons. The fourth-order valence-corrected chi connectivity index (χ4v) is 2.90. The van der Waals surface area contributed by atoms with Crippen LogP contribution in [0.25, 0.3) is 22.3 Å². The van der Waals surface area contributed by atoms with Crippen molar-refractivity contribution in [1.82, 2.24) is 19.7 Å². The molecule has 26 heavy (non-hydrogen) atoms. The Morgan fingerprint density at radius 1 is 1.08 bits per heavy atom. The van der Waals surface area contributed by atoms with Crippen molar-refractivity contribution in [2.75, 3.05) is 0 Å². The Labute approximate surface area is 147 Å². The minimum atomic E-state index is -0.452. The lowest BCUT2D eigenvalue weighted by Gasteiger charge is -2.04. The summed E-state index contributed by atoms with van der Waals surface area (Å²) < 4.78 is 6.43. The molecule has 0 unspecified atom stereocenters. The van der Waals surface area contributed by atoms with Gasteiger partial charge in [0.2, 0.25) is 11.7 Å². The maximum atomic E-state index is 12.5. The SMILES string of the molecule is Cc1ccccc1-c1noc(CCn2c(=O)[nH]c3ccccc3c2=O)n1. The number of aromatic amines is 1. The molecule has 7 heteroatoms. The normalized spacial score (nSPS) is 11.1. The molecule has 7 nitrogen and oxygen atoms in total. The van der Waals surface area contributed by atoms with Gasteiger partial charge in [0.05, 0.1) is 10.9 Å². The van der Waals surface area contributed by atoms with Crippen LogP contribution in [0.15, 0.2) is 62.6 Å². The summed E-state index contributed by atoms with van der Waals surface area (Å²) in [7, 11) is 0. The van der Waals surface area contributed by atoms with Crippen LogP contribution in [-0.2, 0) is 13.0 Å². The summed E-state index contributed by atoms with van der Waals surface area (Å²) in [5, 5.41) is 4.47. The molecular formula is C19H16N4O3. The minimum absolute atomic E-state index is 0.161. The maximum absolute atomic E-state index is 12.5. The van der Waals surface area contributed by atoms with Crippen molar-refractivity contribution in [3.63, 3.8) is 0 Å². The molecule has 0 saturated heterocycles. The Morgan fingerprint density at radius 2 is 1.85 bits per heavy atom. The van der Waals surface area contributed by atoms with Gasteiger partial charge in [0.15, 0.2) is 0 Å². The number of benzene rings is 2. The fraction of sp³-hybridized carbons (Fsp3) is 0.158. The number of hydrogen-bond donors (Lipinski definition) is 1. The topological polar surface area (TPSA) is 93.8 Å². The van der Waals surface area contributed by atoms with Gasteiger partial charge in [-0.2, -0.15) is 4.98 Å². The summed E-state index contributed by atoms with van der Waals surface area (Å²) in [6.45, 7) is 2.13. The van der Waals surface area contributed by atoms with Gasteiger partial charge in [0.1, 0.15) is 0 Å². The van der Waals surface area contributed by atoms with Crippen molar-refractivity contribution in [2.45, 2.75) is 19.9 Å². The molecule has 4 aromatic rings. The summed E-state index contributed by atoms with van der Waals surface area (Å²) >= 11 is 0. The molecule has 1 N–H and O–H groups in total. The first-order valence-electron chi connectivity index (χ1n) is 8.24. The van der Waals surface area contributed by atoms with E-state index in [-0.39, 0.29) is 12.1 Å². The van der Waals surface area contributed by atoms with Gasteiger partial charge in [0.25, 0.3) is 5.56 Å². The Kier molecular flexibility index (Phi) is 3.96. The number of H-pyrrole nitrogens is 1. The summed E-state index contributed by atoms with van der Waals surface area (Å²) in [5.41, 5.74) is 1.68. The van der Waals surface area contributed by atoms with E-state index in [0.29, 0.717) is 29.0 Å². The highest BCUT2D eigenvalue weighted by Crippen LogP contribution is 2.19. The first-order valence-corrected chi connectivity index (χ1v) is 8.24. The number of para-hydroxylation sites is 1. The first kappa shape index (κ1) is 16.0. The number of rotatable bonds is 4. The number of aryl methyl sites for hydroxylation is 2. The standard InChI is InChI=1S/C19H16N4O3/c1-12-6-2-3-7-13(12)17-21-16(26-22-17)10-11-23-18(24)14-8-4-5-9-15(14)20-19(23)25/h2-9H,10-11H2,1H3,(H,20,25). The highest BCUT2D eigenvalue weighted by molar-refractivity contribution is 5.76. The predicted molar refractivity (Wildman–Crippen MR) is 97.0 cm³/mol. The number of nitrogens with one attached hydrogen (secondary N) is 1. The molecule has 0 fully saturated rings. The lowest BCUT2D eigenvalue weighted by molar-refractivity contribution is 0.370. The van der Waals surface area contributed by atoms with Crippen molar-refractivity contribution in [2.24, 2.45) is 0 Å². The highest BCUT2D eigenvalue weighted by Gasteiger charge is 2.12. The number of fused-ring (bicyclic) bond motifs is 1. The summed E-state index contributed by atoms with van der Waals surface area (Å²) in [6.07, 6.45) is 0.292. The van der Waals surface area contributed by atoms with E-state index in [1.807, 2.05) is 31.2 Å².